The summed E-state index contributed by atoms with van der Waals surface area (Å²) in [7, 11) is 0. The second-order valence-corrected chi connectivity index (χ2v) is 6.62. The van der Waals surface area contributed by atoms with Crippen molar-refractivity contribution in [1.29, 1.82) is 0 Å². The van der Waals surface area contributed by atoms with Crippen LogP contribution in [0.4, 0.5) is 17.1 Å². The third kappa shape index (κ3) is 3.57. The highest BCUT2D eigenvalue weighted by Crippen LogP contribution is 2.32. The van der Waals surface area contributed by atoms with Gasteiger partial charge in [-0.3, -0.25) is 14.4 Å². The first kappa shape index (κ1) is 18.7. The van der Waals surface area contributed by atoms with Crippen molar-refractivity contribution in [2.75, 3.05) is 15.5 Å². The fraction of sp³-hybridized carbons (Fsp3) is 0.150. The molecule has 2 aromatic rings. The molecule has 0 atom stereocenters. The molecule has 0 aliphatic carbocycles. The quantitative estimate of drug-likeness (QED) is 0.789. The molecule has 0 unspecified atom stereocenters. The standard InChI is InChI=1S/C20H18ClN3O3/c1-11-5-4-6-16(12(11)2)24-19(26)17(21)18(20(24)27)23-15-9-7-14(8-10-15)22-13(3)25/h4-10,23H,1-3H3,(H,22,25). The minimum atomic E-state index is -0.562. The van der Waals surface area contributed by atoms with Gasteiger partial charge in [-0.25, -0.2) is 4.90 Å². The van der Waals surface area contributed by atoms with Crippen LogP contribution in [0.2, 0.25) is 0 Å². The molecule has 0 radical (unpaired) electrons. The van der Waals surface area contributed by atoms with Crippen molar-refractivity contribution in [1.82, 2.24) is 0 Å². The Morgan fingerprint density at radius 2 is 1.59 bits per heavy atom. The first-order valence-electron chi connectivity index (χ1n) is 8.29. The highest BCUT2D eigenvalue weighted by atomic mass is 35.5. The summed E-state index contributed by atoms with van der Waals surface area (Å²) in [5.41, 5.74) is 3.54. The summed E-state index contributed by atoms with van der Waals surface area (Å²) >= 11 is 6.16. The van der Waals surface area contributed by atoms with E-state index >= 15 is 0 Å². The number of nitrogens with one attached hydrogen (secondary N) is 2. The number of rotatable bonds is 4. The van der Waals surface area contributed by atoms with E-state index < -0.39 is 11.8 Å². The van der Waals surface area contributed by atoms with Crippen LogP contribution in [0.3, 0.4) is 0 Å². The summed E-state index contributed by atoms with van der Waals surface area (Å²) in [5, 5.41) is 5.40. The molecule has 0 saturated carbocycles. The smallest absolute Gasteiger partial charge is 0.283 e. The van der Waals surface area contributed by atoms with Crippen LogP contribution in [0.5, 0.6) is 0 Å². The summed E-state index contributed by atoms with van der Waals surface area (Å²) in [6.07, 6.45) is 0. The van der Waals surface area contributed by atoms with E-state index in [1.54, 1.807) is 36.4 Å². The van der Waals surface area contributed by atoms with Crippen molar-refractivity contribution in [3.8, 4) is 0 Å². The Morgan fingerprint density at radius 3 is 2.22 bits per heavy atom. The first-order valence-corrected chi connectivity index (χ1v) is 8.67. The van der Waals surface area contributed by atoms with Crippen LogP contribution in [0.1, 0.15) is 18.1 Å². The highest BCUT2D eigenvalue weighted by Gasteiger charge is 2.39. The maximum Gasteiger partial charge on any atom is 0.283 e. The molecule has 2 aromatic carbocycles. The number of nitrogens with zero attached hydrogens (tertiary/aromatic N) is 1. The van der Waals surface area contributed by atoms with Gasteiger partial charge in [-0.15, -0.1) is 0 Å². The molecule has 1 aliphatic heterocycles. The second kappa shape index (κ2) is 7.25. The molecule has 0 aromatic heterocycles. The summed E-state index contributed by atoms with van der Waals surface area (Å²) in [4.78, 5) is 37.6. The molecule has 27 heavy (non-hydrogen) atoms. The average molecular weight is 384 g/mol. The lowest BCUT2D eigenvalue weighted by molar-refractivity contribution is -0.120. The van der Waals surface area contributed by atoms with Crippen LogP contribution in [-0.4, -0.2) is 17.7 Å². The Labute approximate surface area is 161 Å². The van der Waals surface area contributed by atoms with E-state index in [1.165, 1.54) is 6.92 Å². The monoisotopic (exact) mass is 383 g/mol. The molecule has 3 amide bonds. The SMILES string of the molecule is CC(=O)Nc1ccc(NC2=C(Cl)C(=O)N(c3cccc(C)c3C)C2=O)cc1. The molecule has 3 rings (SSSR count). The molecule has 1 heterocycles. The number of hydrogen-bond donors (Lipinski definition) is 2. The van der Waals surface area contributed by atoms with E-state index in [4.69, 9.17) is 11.6 Å². The van der Waals surface area contributed by atoms with Gasteiger partial charge >= 0.3 is 0 Å². The zero-order valence-corrected chi connectivity index (χ0v) is 15.8. The Hall–Kier alpha value is -3.12. The van der Waals surface area contributed by atoms with Crippen LogP contribution in [-0.2, 0) is 14.4 Å². The molecule has 0 spiro atoms. The van der Waals surface area contributed by atoms with Crippen molar-refractivity contribution >= 4 is 46.4 Å². The molecule has 0 bridgehead atoms. The minimum Gasteiger partial charge on any atom is -0.350 e. The van der Waals surface area contributed by atoms with Crippen LogP contribution in [0.25, 0.3) is 0 Å². The van der Waals surface area contributed by atoms with Gasteiger partial charge in [-0.1, -0.05) is 23.7 Å². The van der Waals surface area contributed by atoms with E-state index in [9.17, 15) is 14.4 Å². The van der Waals surface area contributed by atoms with Crippen LogP contribution < -0.4 is 15.5 Å². The Balaban J connectivity index is 1.86. The summed E-state index contributed by atoms with van der Waals surface area (Å²) in [5.74, 6) is -1.25. The van der Waals surface area contributed by atoms with E-state index in [0.717, 1.165) is 16.0 Å². The number of hydrogen-bond acceptors (Lipinski definition) is 4. The molecule has 7 heteroatoms. The Bertz CT molecular complexity index is 980. The number of amides is 3. The largest absolute Gasteiger partial charge is 0.350 e. The summed E-state index contributed by atoms with van der Waals surface area (Å²) < 4.78 is 0. The predicted octanol–water partition coefficient (Wildman–Crippen LogP) is 3.70. The van der Waals surface area contributed by atoms with Gasteiger partial charge < -0.3 is 10.6 Å². The number of halogens is 1. The fourth-order valence-corrected chi connectivity index (χ4v) is 3.01. The van der Waals surface area contributed by atoms with Crippen LogP contribution >= 0.6 is 11.6 Å². The van der Waals surface area contributed by atoms with Gasteiger partial charge in [-0.05, 0) is 55.3 Å². The molecular weight excluding hydrogens is 366 g/mol. The number of anilines is 3. The van der Waals surface area contributed by atoms with Crippen molar-refractivity contribution in [2.24, 2.45) is 0 Å². The van der Waals surface area contributed by atoms with E-state index in [2.05, 4.69) is 10.6 Å². The number of carbonyl (C=O) groups excluding carboxylic acids is 3. The van der Waals surface area contributed by atoms with Crippen LogP contribution in [0, 0.1) is 13.8 Å². The van der Waals surface area contributed by atoms with Crippen LogP contribution in [0.15, 0.2) is 53.2 Å². The van der Waals surface area contributed by atoms with Crippen molar-refractivity contribution in [2.45, 2.75) is 20.8 Å². The number of imide groups is 1. The molecule has 0 saturated heterocycles. The molecule has 138 valence electrons. The van der Waals surface area contributed by atoms with Gasteiger partial charge in [0.05, 0.1) is 5.69 Å². The molecule has 2 N–H and O–H groups in total. The van der Waals surface area contributed by atoms with E-state index in [1.807, 2.05) is 19.9 Å². The molecular formula is C20H18ClN3O3. The second-order valence-electron chi connectivity index (χ2n) is 6.24. The minimum absolute atomic E-state index is 0.0230. The van der Waals surface area contributed by atoms with Gasteiger partial charge in [0.15, 0.2) is 0 Å². The molecule has 6 nitrogen and oxygen atoms in total. The normalized spacial score (nSPS) is 14.0. The summed E-state index contributed by atoms with van der Waals surface area (Å²) in [6.45, 7) is 5.18. The van der Waals surface area contributed by atoms with Crippen molar-refractivity contribution in [3.05, 3.63) is 64.3 Å². The summed E-state index contributed by atoms with van der Waals surface area (Å²) in [6, 6.07) is 12.1. The predicted molar refractivity (Wildman–Crippen MR) is 106 cm³/mol. The maximum absolute atomic E-state index is 12.9. The van der Waals surface area contributed by atoms with E-state index in [-0.39, 0.29) is 16.6 Å². The topological polar surface area (TPSA) is 78.5 Å². The van der Waals surface area contributed by atoms with Gasteiger partial charge in [0.1, 0.15) is 10.7 Å². The van der Waals surface area contributed by atoms with Gasteiger partial charge in [0, 0.05) is 18.3 Å². The third-order valence-electron chi connectivity index (χ3n) is 4.32. The lowest BCUT2D eigenvalue weighted by atomic mass is 10.1. The highest BCUT2D eigenvalue weighted by molar-refractivity contribution is 6.53. The maximum atomic E-state index is 12.9. The Morgan fingerprint density at radius 1 is 0.963 bits per heavy atom. The van der Waals surface area contributed by atoms with Gasteiger partial charge in [-0.2, -0.15) is 0 Å². The number of aryl methyl sites for hydroxylation is 1. The number of carbonyl (C=O) groups is 3. The molecule has 0 fully saturated rings. The van der Waals surface area contributed by atoms with E-state index in [0.29, 0.717) is 17.1 Å². The Kier molecular flexibility index (Phi) is 5.01. The average Bonchev–Trinajstić information content (AvgIpc) is 2.82. The van der Waals surface area contributed by atoms with Crippen molar-refractivity contribution in [3.63, 3.8) is 0 Å². The number of benzene rings is 2. The zero-order chi connectivity index (χ0) is 19.7. The van der Waals surface area contributed by atoms with Gasteiger partial charge in [0.2, 0.25) is 5.91 Å². The molecule has 1 aliphatic rings. The van der Waals surface area contributed by atoms with Crippen molar-refractivity contribution < 1.29 is 14.4 Å². The lowest BCUT2D eigenvalue weighted by Gasteiger charge is -2.18. The zero-order valence-electron chi connectivity index (χ0n) is 15.1. The first-order chi connectivity index (χ1) is 12.8. The van der Waals surface area contributed by atoms with Gasteiger partial charge in [0.25, 0.3) is 11.8 Å². The lowest BCUT2D eigenvalue weighted by Crippen LogP contribution is -2.33. The third-order valence-corrected chi connectivity index (χ3v) is 4.67. The fourth-order valence-electron chi connectivity index (χ4n) is 2.79.